The van der Waals surface area contributed by atoms with Crippen LogP contribution in [0.5, 0.6) is 11.5 Å². The van der Waals surface area contributed by atoms with Crippen molar-refractivity contribution in [3.63, 3.8) is 0 Å². The molecule has 7 heteroatoms. The Morgan fingerprint density at radius 2 is 1.73 bits per heavy atom. The van der Waals surface area contributed by atoms with E-state index < -0.39 is 17.7 Å². The maximum atomic E-state index is 13.2. The normalized spacial score (nSPS) is 21.4. The van der Waals surface area contributed by atoms with Crippen LogP contribution in [0.4, 0.5) is 0 Å². The number of carbonyl (C=O) groups excluding carboxylic acids is 2. The minimum absolute atomic E-state index is 0.00202. The first-order chi connectivity index (χ1) is 14.5. The van der Waals surface area contributed by atoms with E-state index in [2.05, 4.69) is 0 Å². The van der Waals surface area contributed by atoms with Gasteiger partial charge in [-0.1, -0.05) is 18.9 Å². The molecule has 158 valence electrons. The summed E-state index contributed by atoms with van der Waals surface area (Å²) < 4.78 is 10.9. The summed E-state index contributed by atoms with van der Waals surface area (Å²) in [6, 6.07) is 6.48. The van der Waals surface area contributed by atoms with Gasteiger partial charge in [0.05, 0.1) is 19.8 Å². The van der Waals surface area contributed by atoms with Crippen LogP contribution in [-0.4, -0.2) is 42.0 Å². The summed E-state index contributed by atoms with van der Waals surface area (Å²) in [6.45, 7) is 1.96. The Labute approximate surface area is 179 Å². The van der Waals surface area contributed by atoms with E-state index in [9.17, 15) is 14.7 Å². The third-order valence-corrected chi connectivity index (χ3v) is 7.08. The molecule has 30 heavy (non-hydrogen) atoms. The topological polar surface area (TPSA) is 76.1 Å². The van der Waals surface area contributed by atoms with Crippen molar-refractivity contribution in [2.75, 3.05) is 14.2 Å². The number of aliphatic hydroxyl groups is 1. The van der Waals surface area contributed by atoms with Gasteiger partial charge in [-0.05, 0) is 48.9 Å². The van der Waals surface area contributed by atoms with Crippen LogP contribution in [0.15, 0.2) is 35.2 Å². The monoisotopic (exact) mass is 427 g/mol. The van der Waals surface area contributed by atoms with Crippen LogP contribution in [0, 0.1) is 6.92 Å². The molecule has 1 aromatic heterocycles. The minimum Gasteiger partial charge on any atom is -0.506 e. The molecule has 2 aliphatic rings. The smallest absolute Gasteiger partial charge is 0.295 e. The molecule has 6 nitrogen and oxygen atoms in total. The molecule has 1 amide bonds. The third kappa shape index (κ3) is 3.17. The SMILES string of the molecule is COc1cccc(OC)c1/C(O)=C1\C(=O)C(=O)N(C2CCCC2)C1c1sccc1C. The van der Waals surface area contributed by atoms with Gasteiger partial charge in [-0.3, -0.25) is 9.59 Å². The Morgan fingerprint density at radius 3 is 2.27 bits per heavy atom. The zero-order chi connectivity index (χ0) is 21.4. The van der Waals surface area contributed by atoms with Crippen LogP contribution in [0.25, 0.3) is 5.76 Å². The summed E-state index contributed by atoms with van der Waals surface area (Å²) in [5.41, 5.74) is 1.37. The molecule has 1 aliphatic heterocycles. The van der Waals surface area contributed by atoms with Crippen LogP contribution < -0.4 is 9.47 Å². The summed E-state index contributed by atoms with van der Waals surface area (Å²) in [6.07, 6.45) is 3.80. The van der Waals surface area contributed by atoms with Gasteiger partial charge in [0.1, 0.15) is 28.9 Å². The number of Topliss-reactive ketones (excluding diaryl/α,β-unsaturated/α-hetero) is 1. The van der Waals surface area contributed by atoms with Gasteiger partial charge < -0.3 is 19.5 Å². The highest BCUT2D eigenvalue weighted by atomic mass is 32.1. The molecule has 1 aromatic carbocycles. The van der Waals surface area contributed by atoms with E-state index in [0.717, 1.165) is 36.1 Å². The van der Waals surface area contributed by atoms with Gasteiger partial charge in [-0.2, -0.15) is 0 Å². The van der Waals surface area contributed by atoms with E-state index >= 15 is 0 Å². The molecule has 4 rings (SSSR count). The molecule has 1 atom stereocenters. The number of nitrogens with zero attached hydrogens (tertiary/aromatic N) is 1. The predicted octanol–water partition coefficient (Wildman–Crippen LogP) is 4.44. The lowest BCUT2D eigenvalue weighted by Crippen LogP contribution is -2.37. The second kappa shape index (κ2) is 8.14. The Balaban J connectivity index is 1.96. The molecule has 2 fully saturated rings. The van der Waals surface area contributed by atoms with E-state index in [1.807, 2.05) is 18.4 Å². The maximum Gasteiger partial charge on any atom is 0.295 e. The maximum absolute atomic E-state index is 13.2. The fourth-order valence-corrected chi connectivity index (χ4v) is 5.58. The molecule has 1 aliphatic carbocycles. The highest BCUT2D eigenvalue weighted by Gasteiger charge is 2.50. The molecule has 1 saturated carbocycles. The van der Waals surface area contributed by atoms with Gasteiger partial charge >= 0.3 is 0 Å². The number of thiophene rings is 1. The molecule has 1 unspecified atom stereocenters. The summed E-state index contributed by atoms with van der Waals surface area (Å²) in [5, 5.41) is 13.3. The number of ketones is 1. The molecule has 1 N–H and O–H groups in total. The number of carbonyl (C=O) groups is 2. The average Bonchev–Trinajstić information content (AvgIpc) is 3.48. The zero-order valence-electron chi connectivity index (χ0n) is 17.3. The van der Waals surface area contributed by atoms with Gasteiger partial charge in [-0.25, -0.2) is 0 Å². The van der Waals surface area contributed by atoms with Crippen molar-refractivity contribution in [3.05, 3.63) is 51.2 Å². The van der Waals surface area contributed by atoms with Crippen molar-refractivity contribution in [3.8, 4) is 11.5 Å². The van der Waals surface area contributed by atoms with Crippen molar-refractivity contribution >= 4 is 28.8 Å². The van der Waals surface area contributed by atoms with Gasteiger partial charge in [0.2, 0.25) is 0 Å². The lowest BCUT2D eigenvalue weighted by atomic mass is 9.97. The highest BCUT2D eigenvalue weighted by molar-refractivity contribution is 7.10. The van der Waals surface area contributed by atoms with Crippen LogP contribution in [-0.2, 0) is 9.59 Å². The van der Waals surface area contributed by atoms with Crippen molar-refractivity contribution in [1.82, 2.24) is 4.90 Å². The van der Waals surface area contributed by atoms with Gasteiger partial charge in [0.25, 0.3) is 11.7 Å². The summed E-state index contributed by atoms with van der Waals surface area (Å²) in [7, 11) is 2.98. The lowest BCUT2D eigenvalue weighted by Gasteiger charge is -2.30. The van der Waals surface area contributed by atoms with Crippen molar-refractivity contribution < 1.29 is 24.2 Å². The number of ether oxygens (including phenoxy) is 2. The number of methoxy groups -OCH3 is 2. The standard InChI is InChI=1S/C23H25NO5S/c1-13-11-12-30-22(13)19-18(21(26)23(27)24(19)14-7-4-5-8-14)20(25)17-15(28-2)9-6-10-16(17)29-3/h6,9-12,14,19,25H,4-5,7-8H2,1-3H3/b20-18+. The molecule has 0 bridgehead atoms. The number of amides is 1. The number of benzene rings is 1. The fourth-order valence-electron chi connectivity index (χ4n) is 4.55. The summed E-state index contributed by atoms with van der Waals surface area (Å²) in [4.78, 5) is 29.0. The van der Waals surface area contributed by atoms with Crippen molar-refractivity contribution in [2.24, 2.45) is 0 Å². The first kappa shape index (κ1) is 20.5. The molecule has 2 heterocycles. The van der Waals surface area contributed by atoms with E-state index in [0.29, 0.717) is 11.5 Å². The molecule has 1 saturated heterocycles. The van der Waals surface area contributed by atoms with Crippen LogP contribution in [0.3, 0.4) is 0 Å². The first-order valence-corrected chi connectivity index (χ1v) is 10.9. The van der Waals surface area contributed by atoms with Gasteiger partial charge in [0.15, 0.2) is 0 Å². The molecular formula is C23H25NO5S. The zero-order valence-corrected chi connectivity index (χ0v) is 18.1. The predicted molar refractivity (Wildman–Crippen MR) is 115 cm³/mol. The molecule has 2 aromatic rings. The van der Waals surface area contributed by atoms with Crippen molar-refractivity contribution in [1.29, 1.82) is 0 Å². The fraction of sp³-hybridized carbons (Fsp3) is 0.391. The van der Waals surface area contributed by atoms with Crippen molar-refractivity contribution in [2.45, 2.75) is 44.7 Å². The first-order valence-electron chi connectivity index (χ1n) is 10.0. The number of hydrogen-bond donors (Lipinski definition) is 1. The number of rotatable bonds is 5. The largest absolute Gasteiger partial charge is 0.506 e. The highest BCUT2D eigenvalue weighted by Crippen LogP contribution is 2.47. The quantitative estimate of drug-likeness (QED) is 0.434. The number of hydrogen-bond acceptors (Lipinski definition) is 6. The molecule has 0 radical (unpaired) electrons. The molecular weight excluding hydrogens is 402 g/mol. The minimum atomic E-state index is -0.662. The number of aliphatic hydroxyl groups excluding tert-OH is 1. The second-order valence-corrected chi connectivity index (χ2v) is 8.60. The second-order valence-electron chi connectivity index (χ2n) is 7.65. The van der Waals surface area contributed by atoms with Gasteiger partial charge in [0, 0.05) is 10.9 Å². The number of likely N-dealkylation sites (tertiary alicyclic amines) is 1. The van der Waals surface area contributed by atoms with Crippen LogP contribution in [0.1, 0.15) is 47.7 Å². The Hall–Kier alpha value is -2.80. The Morgan fingerprint density at radius 1 is 1.10 bits per heavy atom. The third-order valence-electron chi connectivity index (χ3n) is 6.01. The van der Waals surface area contributed by atoms with E-state index in [1.54, 1.807) is 23.1 Å². The Kier molecular flexibility index (Phi) is 5.56. The summed E-state index contributed by atoms with van der Waals surface area (Å²) in [5.74, 6) is -0.720. The van der Waals surface area contributed by atoms with Crippen LogP contribution >= 0.6 is 11.3 Å². The Bertz CT molecular complexity index is 996. The van der Waals surface area contributed by atoms with E-state index in [-0.39, 0.29) is 22.9 Å². The van der Waals surface area contributed by atoms with E-state index in [1.165, 1.54) is 25.6 Å². The summed E-state index contributed by atoms with van der Waals surface area (Å²) >= 11 is 1.50. The van der Waals surface area contributed by atoms with Gasteiger partial charge in [-0.15, -0.1) is 11.3 Å². The molecule has 0 spiro atoms. The lowest BCUT2D eigenvalue weighted by molar-refractivity contribution is -0.141. The number of aryl methyl sites for hydroxylation is 1. The van der Waals surface area contributed by atoms with E-state index in [4.69, 9.17) is 9.47 Å². The average molecular weight is 428 g/mol. The van der Waals surface area contributed by atoms with Crippen LogP contribution in [0.2, 0.25) is 0 Å².